The molecule has 1 atom stereocenters. The van der Waals surface area contributed by atoms with Gasteiger partial charge in [-0.05, 0) is 36.8 Å². The second-order valence-corrected chi connectivity index (χ2v) is 9.07. The van der Waals surface area contributed by atoms with E-state index in [-0.39, 0.29) is 16.0 Å². The van der Waals surface area contributed by atoms with Gasteiger partial charge in [-0.15, -0.1) is 0 Å². The normalized spacial score (nSPS) is 18.6. The Morgan fingerprint density at radius 3 is 2.54 bits per heavy atom. The first-order valence-corrected chi connectivity index (χ1v) is 10.7. The molecule has 1 aliphatic heterocycles. The van der Waals surface area contributed by atoms with E-state index < -0.39 is 10.0 Å². The van der Waals surface area contributed by atoms with Crippen LogP contribution >= 0.6 is 11.6 Å². The van der Waals surface area contributed by atoms with Gasteiger partial charge in [-0.1, -0.05) is 23.7 Å². The number of hydrogen-bond acceptors (Lipinski definition) is 5. The molecule has 2 aromatic rings. The van der Waals surface area contributed by atoms with Gasteiger partial charge >= 0.3 is 0 Å². The van der Waals surface area contributed by atoms with Crippen LogP contribution in [-0.4, -0.2) is 50.4 Å². The van der Waals surface area contributed by atoms with Crippen LogP contribution in [0.25, 0.3) is 0 Å². The molecule has 1 fully saturated rings. The van der Waals surface area contributed by atoms with Gasteiger partial charge in [0.1, 0.15) is 10.6 Å². The molecule has 1 heterocycles. The summed E-state index contributed by atoms with van der Waals surface area (Å²) in [7, 11) is -2.23. The lowest BCUT2D eigenvalue weighted by atomic mass is 10.1. The molecule has 0 aliphatic carbocycles. The number of rotatable bonds is 5. The summed E-state index contributed by atoms with van der Waals surface area (Å²) in [6.07, 6.45) is 0. The molecule has 28 heavy (non-hydrogen) atoms. The highest BCUT2D eigenvalue weighted by molar-refractivity contribution is 7.89. The summed E-state index contributed by atoms with van der Waals surface area (Å²) in [6.45, 7) is 4.22. The Balaban J connectivity index is 1.73. The molecule has 2 aromatic carbocycles. The molecule has 148 valence electrons. The van der Waals surface area contributed by atoms with Crippen molar-refractivity contribution in [2.24, 2.45) is 0 Å². The molecule has 0 spiro atoms. The quantitative estimate of drug-likeness (QED) is 0.744. The van der Waals surface area contributed by atoms with Crippen LogP contribution in [0.4, 0.5) is 0 Å². The molecular weight excluding hydrogens is 398 g/mol. The highest BCUT2D eigenvalue weighted by atomic mass is 35.5. The Labute approximate surface area is 170 Å². The predicted molar refractivity (Wildman–Crippen MR) is 108 cm³/mol. The van der Waals surface area contributed by atoms with Crippen LogP contribution < -0.4 is 4.74 Å². The van der Waals surface area contributed by atoms with Crippen molar-refractivity contribution in [2.75, 3.05) is 26.7 Å². The van der Waals surface area contributed by atoms with E-state index in [2.05, 4.69) is 11.0 Å². The van der Waals surface area contributed by atoms with Crippen LogP contribution in [0.5, 0.6) is 5.75 Å². The van der Waals surface area contributed by atoms with Crippen LogP contribution in [0.2, 0.25) is 5.02 Å². The fourth-order valence-electron chi connectivity index (χ4n) is 3.39. The number of sulfonamides is 1. The number of methoxy groups -OCH3 is 1. The Morgan fingerprint density at radius 2 is 1.93 bits per heavy atom. The van der Waals surface area contributed by atoms with E-state index in [0.29, 0.717) is 37.5 Å². The zero-order valence-corrected chi connectivity index (χ0v) is 17.4. The van der Waals surface area contributed by atoms with Crippen LogP contribution in [0.15, 0.2) is 47.4 Å². The minimum absolute atomic E-state index is 0.0703. The predicted octanol–water partition coefficient (Wildman–Crippen LogP) is 3.12. The molecule has 1 aliphatic rings. The summed E-state index contributed by atoms with van der Waals surface area (Å²) >= 11 is 6.17. The molecule has 8 heteroatoms. The van der Waals surface area contributed by atoms with E-state index in [1.54, 1.807) is 24.3 Å². The Kier molecular flexibility index (Phi) is 6.26. The molecule has 0 N–H and O–H groups in total. The first-order valence-electron chi connectivity index (χ1n) is 8.92. The monoisotopic (exact) mass is 419 g/mol. The van der Waals surface area contributed by atoms with Gasteiger partial charge in [0, 0.05) is 38.3 Å². The van der Waals surface area contributed by atoms with Gasteiger partial charge in [-0.3, -0.25) is 4.90 Å². The van der Waals surface area contributed by atoms with Gasteiger partial charge in [-0.25, -0.2) is 8.42 Å². The Hall–Kier alpha value is -2.11. The lowest BCUT2D eigenvalue weighted by Gasteiger charge is -2.39. The summed E-state index contributed by atoms with van der Waals surface area (Å²) in [5.74, 6) is 0.454. The molecule has 6 nitrogen and oxygen atoms in total. The number of nitriles is 1. The molecule has 0 radical (unpaired) electrons. The van der Waals surface area contributed by atoms with Crippen molar-refractivity contribution >= 4 is 21.6 Å². The van der Waals surface area contributed by atoms with E-state index in [9.17, 15) is 8.42 Å². The highest BCUT2D eigenvalue weighted by Gasteiger charge is 2.35. The molecule has 0 amide bonds. The molecule has 0 unspecified atom stereocenters. The molecular formula is C20H22ClN3O3S. The van der Waals surface area contributed by atoms with E-state index in [1.165, 1.54) is 17.5 Å². The van der Waals surface area contributed by atoms with Crippen molar-refractivity contribution in [3.63, 3.8) is 0 Å². The fraction of sp³-hybridized carbons (Fsp3) is 0.350. The average molecular weight is 420 g/mol. The number of nitrogens with zero attached hydrogens (tertiary/aromatic N) is 3. The summed E-state index contributed by atoms with van der Waals surface area (Å²) < 4.78 is 33.0. The third-order valence-electron chi connectivity index (χ3n) is 4.86. The summed E-state index contributed by atoms with van der Waals surface area (Å²) in [5.41, 5.74) is 1.72. The minimum Gasteiger partial charge on any atom is -0.497 e. The van der Waals surface area contributed by atoms with Crippen LogP contribution in [0.1, 0.15) is 18.1 Å². The van der Waals surface area contributed by atoms with Crippen LogP contribution in [-0.2, 0) is 16.6 Å². The fourth-order valence-corrected chi connectivity index (χ4v) is 5.50. The number of benzene rings is 2. The second-order valence-electron chi connectivity index (χ2n) is 6.80. The smallest absolute Gasteiger partial charge is 0.245 e. The topological polar surface area (TPSA) is 73.6 Å². The maximum Gasteiger partial charge on any atom is 0.245 e. The van der Waals surface area contributed by atoms with Gasteiger partial charge in [0.05, 0.1) is 23.8 Å². The first-order chi connectivity index (χ1) is 13.3. The van der Waals surface area contributed by atoms with E-state index in [4.69, 9.17) is 21.6 Å². The molecule has 0 aromatic heterocycles. The summed E-state index contributed by atoms with van der Waals surface area (Å²) in [4.78, 5) is 2.28. The standard InChI is InChI=1S/C20H22ClN3O3S/c1-15-13-23(14-17-5-3-16(12-22)4-6-17)9-10-24(15)28(25,26)20-11-18(27-2)7-8-19(20)21/h3-8,11,15H,9-10,13-14H2,1-2H3/t15-/m1/s1. The van der Waals surface area contributed by atoms with E-state index in [0.717, 1.165) is 5.56 Å². The van der Waals surface area contributed by atoms with E-state index in [1.807, 2.05) is 19.1 Å². The van der Waals surface area contributed by atoms with Gasteiger partial charge in [0.25, 0.3) is 0 Å². The molecule has 0 bridgehead atoms. The third-order valence-corrected chi connectivity index (χ3v) is 7.36. The number of piperazine rings is 1. The molecule has 1 saturated heterocycles. The average Bonchev–Trinajstić information content (AvgIpc) is 2.68. The lowest BCUT2D eigenvalue weighted by molar-refractivity contribution is 0.138. The van der Waals surface area contributed by atoms with Gasteiger partial charge in [-0.2, -0.15) is 9.57 Å². The number of hydrogen-bond donors (Lipinski definition) is 0. The van der Waals surface area contributed by atoms with Gasteiger partial charge < -0.3 is 4.74 Å². The van der Waals surface area contributed by atoms with Gasteiger partial charge in [0.15, 0.2) is 0 Å². The minimum atomic E-state index is -3.72. The first kappa shape index (κ1) is 20.6. The number of halogens is 1. The second kappa shape index (κ2) is 8.50. The summed E-state index contributed by atoms with van der Waals surface area (Å²) in [5, 5.41) is 9.08. The number of ether oxygens (including phenoxy) is 1. The van der Waals surface area contributed by atoms with Crippen molar-refractivity contribution < 1.29 is 13.2 Å². The third kappa shape index (κ3) is 4.31. The van der Waals surface area contributed by atoms with Crippen LogP contribution in [0, 0.1) is 11.3 Å². The maximum absolute atomic E-state index is 13.2. The van der Waals surface area contributed by atoms with Crippen molar-refractivity contribution in [1.82, 2.24) is 9.21 Å². The van der Waals surface area contributed by atoms with Crippen LogP contribution in [0.3, 0.4) is 0 Å². The largest absolute Gasteiger partial charge is 0.497 e. The van der Waals surface area contributed by atoms with Crippen molar-refractivity contribution in [3.8, 4) is 11.8 Å². The molecule has 3 rings (SSSR count). The van der Waals surface area contributed by atoms with Crippen molar-refractivity contribution in [1.29, 1.82) is 5.26 Å². The maximum atomic E-state index is 13.2. The SMILES string of the molecule is COc1ccc(Cl)c(S(=O)(=O)N2CCN(Cc3ccc(C#N)cc3)C[C@H]2C)c1. The van der Waals surface area contributed by atoms with Crippen molar-refractivity contribution in [3.05, 3.63) is 58.6 Å². The van der Waals surface area contributed by atoms with Crippen molar-refractivity contribution in [2.45, 2.75) is 24.4 Å². The zero-order chi connectivity index (χ0) is 20.3. The lowest BCUT2D eigenvalue weighted by Crippen LogP contribution is -2.53. The zero-order valence-electron chi connectivity index (χ0n) is 15.8. The molecule has 0 saturated carbocycles. The van der Waals surface area contributed by atoms with E-state index >= 15 is 0 Å². The summed E-state index contributed by atoms with van der Waals surface area (Å²) in [6, 6.07) is 14.0. The Morgan fingerprint density at radius 1 is 1.21 bits per heavy atom. The van der Waals surface area contributed by atoms with Gasteiger partial charge in [0.2, 0.25) is 10.0 Å². The Bertz CT molecular complexity index is 987. The highest BCUT2D eigenvalue weighted by Crippen LogP contribution is 2.30.